The highest BCUT2D eigenvalue weighted by Crippen LogP contribution is 2.20. The molecule has 8 heteroatoms. The maximum Gasteiger partial charge on any atom is 0.279 e. The molecule has 0 radical (unpaired) electrons. The number of rotatable bonds is 7. The highest BCUT2D eigenvalue weighted by molar-refractivity contribution is 9.10. The molecule has 1 unspecified atom stereocenters. The van der Waals surface area contributed by atoms with Gasteiger partial charge in [-0.2, -0.15) is 0 Å². The number of halogens is 1. The van der Waals surface area contributed by atoms with Crippen molar-refractivity contribution in [1.29, 1.82) is 0 Å². The number of anilines is 3. The largest absolute Gasteiger partial charge is 0.326 e. The molecule has 27 heavy (non-hydrogen) atoms. The van der Waals surface area contributed by atoms with Gasteiger partial charge in [0.05, 0.1) is 12.7 Å². The molecule has 1 atom stereocenters. The van der Waals surface area contributed by atoms with Crippen LogP contribution in [0.2, 0.25) is 0 Å². The zero-order chi connectivity index (χ0) is 19.8. The lowest BCUT2D eigenvalue weighted by molar-refractivity contribution is -0.862. The molecule has 0 heterocycles. The molecule has 0 fully saturated rings. The zero-order valence-electron chi connectivity index (χ0n) is 15.1. The second kappa shape index (κ2) is 9.84. The van der Waals surface area contributed by atoms with Gasteiger partial charge in [0.2, 0.25) is 5.91 Å². The first-order valence-corrected chi connectivity index (χ1v) is 9.16. The van der Waals surface area contributed by atoms with Gasteiger partial charge in [0, 0.05) is 22.8 Å². The summed E-state index contributed by atoms with van der Waals surface area (Å²) in [6.07, 6.45) is 0. The highest BCUT2D eigenvalue weighted by Gasteiger charge is 2.15. The number of amides is 3. The first kappa shape index (κ1) is 20.6. The summed E-state index contributed by atoms with van der Waals surface area (Å²) >= 11 is 3.38. The van der Waals surface area contributed by atoms with Crippen molar-refractivity contribution in [3.05, 3.63) is 53.0 Å². The van der Waals surface area contributed by atoms with Crippen molar-refractivity contribution in [1.82, 2.24) is 0 Å². The first-order chi connectivity index (χ1) is 12.8. The van der Waals surface area contributed by atoms with E-state index in [1.165, 1.54) is 6.92 Å². The van der Waals surface area contributed by atoms with Crippen molar-refractivity contribution in [2.75, 3.05) is 36.1 Å². The number of hydrogen-bond donors (Lipinski definition) is 4. The Balaban J connectivity index is 1.80. The van der Waals surface area contributed by atoms with Gasteiger partial charge in [-0.05, 0) is 52.3 Å². The van der Waals surface area contributed by atoms with E-state index >= 15 is 0 Å². The van der Waals surface area contributed by atoms with Gasteiger partial charge in [0.1, 0.15) is 0 Å². The van der Waals surface area contributed by atoms with Crippen LogP contribution in [0.5, 0.6) is 0 Å². The molecule has 0 saturated carbocycles. The Labute approximate surface area is 166 Å². The molecule has 0 aliphatic carbocycles. The summed E-state index contributed by atoms with van der Waals surface area (Å²) in [5.41, 5.74) is 1.98. The summed E-state index contributed by atoms with van der Waals surface area (Å²) in [7, 11) is 1.78. The van der Waals surface area contributed by atoms with Crippen molar-refractivity contribution in [3.8, 4) is 0 Å². The van der Waals surface area contributed by atoms with Crippen molar-refractivity contribution >= 4 is 50.7 Å². The summed E-state index contributed by atoms with van der Waals surface area (Å²) in [6, 6.07) is 14.2. The van der Waals surface area contributed by atoms with Crippen LogP contribution in [0.25, 0.3) is 0 Å². The van der Waals surface area contributed by atoms with Gasteiger partial charge in [-0.1, -0.05) is 12.1 Å². The zero-order valence-corrected chi connectivity index (χ0v) is 16.7. The highest BCUT2D eigenvalue weighted by atomic mass is 79.9. The van der Waals surface area contributed by atoms with Gasteiger partial charge in [-0.3, -0.25) is 14.4 Å². The molecule has 0 spiro atoms. The van der Waals surface area contributed by atoms with Crippen LogP contribution in [0.1, 0.15) is 6.92 Å². The van der Waals surface area contributed by atoms with E-state index in [1.807, 2.05) is 18.2 Å². The van der Waals surface area contributed by atoms with Crippen LogP contribution in [0.15, 0.2) is 53.0 Å². The van der Waals surface area contributed by atoms with Gasteiger partial charge in [0.25, 0.3) is 11.8 Å². The standard InChI is InChI=1S/C19H21BrN4O3/c1-13(25)21-14-7-9-15(10-8-14)22-18(26)11-24(2)12-19(27)23-17-6-4-3-5-16(17)20/h3-10H,11-12H2,1-2H3,(H,21,25)(H,22,26)(H,23,27)/p+1. The monoisotopic (exact) mass is 433 g/mol. The second-order valence-electron chi connectivity index (χ2n) is 6.15. The predicted molar refractivity (Wildman–Crippen MR) is 109 cm³/mol. The number of carbonyl (C=O) groups excluding carboxylic acids is 3. The molecule has 3 amide bonds. The minimum Gasteiger partial charge on any atom is -0.326 e. The minimum absolute atomic E-state index is 0.150. The van der Waals surface area contributed by atoms with E-state index in [2.05, 4.69) is 31.9 Å². The molecule has 0 aliphatic rings. The maximum absolute atomic E-state index is 12.1. The van der Waals surface area contributed by atoms with Crippen LogP contribution in [-0.2, 0) is 14.4 Å². The molecule has 0 bridgehead atoms. The smallest absolute Gasteiger partial charge is 0.279 e. The average molecular weight is 434 g/mol. The fourth-order valence-corrected chi connectivity index (χ4v) is 2.80. The van der Waals surface area contributed by atoms with Gasteiger partial charge < -0.3 is 20.9 Å². The molecule has 2 rings (SSSR count). The lowest BCUT2D eigenvalue weighted by Crippen LogP contribution is -3.11. The molecule has 0 aliphatic heterocycles. The number of hydrogen-bond acceptors (Lipinski definition) is 3. The summed E-state index contributed by atoms with van der Waals surface area (Å²) in [6.45, 7) is 1.74. The molecule has 2 aromatic carbocycles. The topological polar surface area (TPSA) is 91.7 Å². The maximum atomic E-state index is 12.1. The van der Waals surface area contributed by atoms with Crippen LogP contribution < -0.4 is 20.9 Å². The van der Waals surface area contributed by atoms with Gasteiger partial charge in [0.15, 0.2) is 13.1 Å². The van der Waals surface area contributed by atoms with Crippen molar-refractivity contribution < 1.29 is 19.3 Å². The first-order valence-electron chi connectivity index (χ1n) is 8.36. The summed E-state index contributed by atoms with van der Waals surface area (Å²) in [5.74, 6) is -0.529. The predicted octanol–water partition coefficient (Wildman–Crippen LogP) is 1.50. The van der Waals surface area contributed by atoms with E-state index in [0.717, 1.165) is 9.37 Å². The fourth-order valence-electron chi connectivity index (χ4n) is 2.41. The number of benzene rings is 2. The Bertz CT molecular complexity index is 824. The summed E-state index contributed by atoms with van der Waals surface area (Å²) in [4.78, 5) is 36.0. The Hall–Kier alpha value is -2.71. The van der Waals surface area contributed by atoms with E-state index in [4.69, 9.17) is 0 Å². The molecule has 142 valence electrons. The molecule has 0 aromatic heterocycles. The Morgan fingerprint density at radius 2 is 1.37 bits per heavy atom. The summed E-state index contributed by atoms with van der Waals surface area (Å²) < 4.78 is 0.802. The molecule has 2 aromatic rings. The Kier molecular flexibility index (Phi) is 7.51. The van der Waals surface area contributed by atoms with Gasteiger partial charge >= 0.3 is 0 Å². The number of para-hydroxylation sites is 1. The van der Waals surface area contributed by atoms with Crippen molar-refractivity contribution in [3.63, 3.8) is 0 Å². The minimum atomic E-state index is -0.200. The number of quaternary nitrogens is 1. The van der Waals surface area contributed by atoms with Gasteiger partial charge in [-0.25, -0.2) is 0 Å². The van der Waals surface area contributed by atoms with E-state index in [-0.39, 0.29) is 30.8 Å². The molecule has 7 nitrogen and oxygen atoms in total. The van der Waals surface area contributed by atoms with E-state index in [9.17, 15) is 14.4 Å². The molecule has 4 N–H and O–H groups in total. The Morgan fingerprint density at radius 1 is 0.852 bits per heavy atom. The van der Waals surface area contributed by atoms with Crippen LogP contribution in [0.4, 0.5) is 17.1 Å². The lowest BCUT2D eigenvalue weighted by Gasteiger charge is -2.14. The quantitative estimate of drug-likeness (QED) is 0.533. The SMILES string of the molecule is CC(=O)Nc1ccc(NC(=O)C[NH+](C)CC(=O)Nc2ccccc2Br)cc1. The second-order valence-corrected chi connectivity index (χ2v) is 7.00. The van der Waals surface area contributed by atoms with Crippen LogP contribution in [0.3, 0.4) is 0 Å². The number of nitrogens with one attached hydrogen (secondary N) is 4. The van der Waals surface area contributed by atoms with Gasteiger partial charge in [-0.15, -0.1) is 0 Å². The average Bonchev–Trinajstić information content (AvgIpc) is 2.58. The molecular weight excluding hydrogens is 412 g/mol. The van der Waals surface area contributed by atoms with Crippen LogP contribution in [-0.4, -0.2) is 37.9 Å². The van der Waals surface area contributed by atoms with Crippen LogP contribution >= 0.6 is 15.9 Å². The normalized spacial score (nSPS) is 11.4. The number of likely N-dealkylation sites (N-methyl/N-ethyl adjacent to an activating group) is 1. The molecule has 0 saturated heterocycles. The summed E-state index contributed by atoms with van der Waals surface area (Å²) in [5, 5.41) is 8.25. The molecular formula is C19H22BrN4O3+. The van der Waals surface area contributed by atoms with E-state index in [0.29, 0.717) is 17.1 Å². The van der Waals surface area contributed by atoms with Crippen molar-refractivity contribution in [2.45, 2.75) is 6.92 Å². The third kappa shape index (κ3) is 7.20. The lowest BCUT2D eigenvalue weighted by atomic mass is 10.2. The Morgan fingerprint density at radius 3 is 1.93 bits per heavy atom. The van der Waals surface area contributed by atoms with E-state index < -0.39 is 0 Å². The van der Waals surface area contributed by atoms with Crippen LogP contribution in [0, 0.1) is 0 Å². The third-order valence-corrected chi connectivity index (χ3v) is 4.25. The number of carbonyl (C=O) groups is 3. The van der Waals surface area contributed by atoms with Crippen molar-refractivity contribution in [2.24, 2.45) is 0 Å². The fraction of sp³-hybridized carbons (Fsp3) is 0.211. The third-order valence-electron chi connectivity index (χ3n) is 3.56. The van der Waals surface area contributed by atoms with E-state index in [1.54, 1.807) is 37.4 Å².